The highest BCUT2D eigenvalue weighted by Crippen LogP contribution is 2.39. The molecule has 1 heterocycles. The second kappa shape index (κ2) is 8.67. The quantitative estimate of drug-likeness (QED) is 0.708. The highest BCUT2D eigenvalue weighted by molar-refractivity contribution is 7.92. The van der Waals surface area contributed by atoms with E-state index in [2.05, 4.69) is 0 Å². The van der Waals surface area contributed by atoms with Crippen molar-refractivity contribution >= 4 is 21.4 Å². The molecule has 1 aliphatic rings. The number of nitrogens with zero attached hydrogens (tertiary/aromatic N) is 1. The molecule has 0 aromatic heterocycles. The lowest BCUT2D eigenvalue weighted by molar-refractivity contribution is -0.160. The van der Waals surface area contributed by atoms with E-state index in [0.717, 1.165) is 24.8 Å². The molecule has 1 atom stereocenters. The number of rotatable bonds is 7. The summed E-state index contributed by atoms with van der Waals surface area (Å²) in [6.07, 6.45) is 3.81. The number of nitrogens with two attached hydrogens (primary N) is 1. The monoisotopic (exact) mass is 400 g/mol. The van der Waals surface area contributed by atoms with E-state index in [1.807, 2.05) is 32.9 Å². The second-order valence-electron chi connectivity index (χ2n) is 7.87. The van der Waals surface area contributed by atoms with Gasteiger partial charge in [-0.1, -0.05) is 20.8 Å². The van der Waals surface area contributed by atoms with E-state index in [9.17, 15) is 8.42 Å². The maximum absolute atomic E-state index is 12.5. The number of hydrogen-bond donors (Lipinski definition) is 1. The van der Waals surface area contributed by atoms with Crippen LogP contribution in [0.5, 0.6) is 5.75 Å². The maximum atomic E-state index is 12.5. The molecule has 0 spiro atoms. The molecule has 0 saturated carbocycles. The molecule has 1 aliphatic heterocycles. The molecule has 1 aromatic carbocycles. The van der Waals surface area contributed by atoms with Gasteiger partial charge in [0.15, 0.2) is 12.0 Å². The maximum Gasteiger partial charge on any atom is 0.232 e. The molecule has 7 nitrogen and oxygen atoms in total. The van der Waals surface area contributed by atoms with E-state index in [0.29, 0.717) is 23.7 Å². The predicted octanol–water partition coefficient (Wildman–Crippen LogP) is 2.88. The summed E-state index contributed by atoms with van der Waals surface area (Å²) in [4.78, 5) is 0. The van der Waals surface area contributed by atoms with Crippen LogP contribution in [0.25, 0.3) is 0 Å². The Morgan fingerprint density at radius 2 is 2.00 bits per heavy atom. The van der Waals surface area contributed by atoms with Crippen LogP contribution in [-0.2, 0) is 24.9 Å². The Kier molecular flexibility index (Phi) is 6.99. The van der Waals surface area contributed by atoms with Gasteiger partial charge in [-0.2, -0.15) is 0 Å². The lowest BCUT2D eigenvalue weighted by Crippen LogP contribution is -2.35. The third-order valence-corrected chi connectivity index (χ3v) is 5.75. The summed E-state index contributed by atoms with van der Waals surface area (Å²) in [7, 11) is -2.07. The SMILES string of the molecule is COc1c(N)cc(C(C)(C)C)cc1N(CCOC1CCCCO1)S(C)(=O)=O. The first kappa shape index (κ1) is 21.8. The van der Waals surface area contributed by atoms with Crippen molar-refractivity contribution in [3.05, 3.63) is 17.7 Å². The molecule has 1 aromatic rings. The summed E-state index contributed by atoms with van der Waals surface area (Å²) in [5.74, 6) is 0.349. The number of hydrogen-bond acceptors (Lipinski definition) is 6. The van der Waals surface area contributed by atoms with E-state index in [4.69, 9.17) is 19.9 Å². The van der Waals surface area contributed by atoms with Crippen molar-refractivity contribution in [3.8, 4) is 5.75 Å². The zero-order valence-corrected chi connectivity index (χ0v) is 17.8. The van der Waals surface area contributed by atoms with Gasteiger partial charge in [0.25, 0.3) is 0 Å². The fourth-order valence-corrected chi connectivity index (χ4v) is 3.95. The Morgan fingerprint density at radius 1 is 1.30 bits per heavy atom. The van der Waals surface area contributed by atoms with Crippen LogP contribution in [0.15, 0.2) is 12.1 Å². The molecule has 27 heavy (non-hydrogen) atoms. The topological polar surface area (TPSA) is 91.1 Å². The summed E-state index contributed by atoms with van der Waals surface area (Å²) in [5, 5.41) is 0. The molecule has 0 amide bonds. The highest BCUT2D eigenvalue weighted by atomic mass is 32.2. The molecule has 154 valence electrons. The summed E-state index contributed by atoms with van der Waals surface area (Å²) >= 11 is 0. The van der Waals surface area contributed by atoms with Crippen molar-refractivity contribution in [3.63, 3.8) is 0 Å². The van der Waals surface area contributed by atoms with Crippen LogP contribution in [0.2, 0.25) is 0 Å². The summed E-state index contributed by atoms with van der Waals surface area (Å²) in [6, 6.07) is 3.66. The van der Waals surface area contributed by atoms with Gasteiger partial charge in [-0.15, -0.1) is 0 Å². The molecule has 2 N–H and O–H groups in total. The lowest BCUT2D eigenvalue weighted by atomic mass is 9.86. The number of anilines is 2. The van der Waals surface area contributed by atoms with E-state index < -0.39 is 10.0 Å². The molecule has 0 aliphatic carbocycles. The summed E-state index contributed by atoms with van der Waals surface area (Å²) in [5.41, 5.74) is 7.74. The number of benzene rings is 1. The number of sulfonamides is 1. The standard InChI is InChI=1S/C19H32N2O5S/c1-19(2,3)14-12-15(20)18(24-4)16(13-14)21(27(5,22)23)9-11-26-17-8-6-7-10-25-17/h12-13,17H,6-11,20H2,1-5H3. The van der Waals surface area contributed by atoms with Crippen LogP contribution < -0.4 is 14.8 Å². The van der Waals surface area contributed by atoms with Crippen molar-refractivity contribution < 1.29 is 22.6 Å². The molecular weight excluding hydrogens is 368 g/mol. The third-order valence-electron chi connectivity index (χ3n) is 4.57. The van der Waals surface area contributed by atoms with Crippen LogP contribution in [-0.4, -0.2) is 47.8 Å². The molecule has 1 saturated heterocycles. The first-order chi connectivity index (χ1) is 12.5. The van der Waals surface area contributed by atoms with Crippen LogP contribution in [0.3, 0.4) is 0 Å². The van der Waals surface area contributed by atoms with E-state index >= 15 is 0 Å². The van der Waals surface area contributed by atoms with Gasteiger partial charge in [-0.05, 0) is 42.4 Å². The Balaban J connectivity index is 2.31. The fraction of sp³-hybridized carbons (Fsp3) is 0.684. The van der Waals surface area contributed by atoms with Crippen molar-refractivity contribution in [2.24, 2.45) is 0 Å². The van der Waals surface area contributed by atoms with E-state index in [1.54, 1.807) is 0 Å². The summed E-state index contributed by atoms with van der Waals surface area (Å²) < 4.78 is 43.0. The smallest absolute Gasteiger partial charge is 0.232 e. The average molecular weight is 401 g/mol. The van der Waals surface area contributed by atoms with Crippen molar-refractivity contribution in [2.75, 3.05) is 43.2 Å². The van der Waals surface area contributed by atoms with Gasteiger partial charge in [0.05, 0.1) is 37.9 Å². The molecule has 2 rings (SSSR count). The van der Waals surface area contributed by atoms with Crippen LogP contribution in [0.1, 0.15) is 45.6 Å². The fourth-order valence-electron chi connectivity index (χ4n) is 3.05. The minimum absolute atomic E-state index is 0.155. The molecule has 1 fully saturated rings. The zero-order valence-electron chi connectivity index (χ0n) is 16.9. The molecule has 0 radical (unpaired) electrons. The van der Waals surface area contributed by atoms with Gasteiger partial charge in [0.2, 0.25) is 10.0 Å². The molecular formula is C19H32N2O5S. The third kappa shape index (κ3) is 5.73. The molecule has 1 unspecified atom stereocenters. The molecule has 0 bridgehead atoms. The highest BCUT2D eigenvalue weighted by Gasteiger charge is 2.26. The van der Waals surface area contributed by atoms with Gasteiger partial charge in [0, 0.05) is 6.61 Å². The first-order valence-electron chi connectivity index (χ1n) is 9.23. The van der Waals surface area contributed by atoms with Crippen molar-refractivity contribution in [1.82, 2.24) is 0 Å². The van der Waals surface area contributed by atoms with E-state index in [1.165, 1.54) is 17.7 Å². The van der Waals surface area contributed by atoms with Crippen molar-refractivity contribution in [2.45, 2.75) is 51.7 Å². The van der Waals surface area contributed by atoms with Gasteiger partial charge in [0.1, 0.15) is 0 Å². The lowest BCUT2D eigenvalue weighted by Gasteiger charge is -2.29. The van der Waals surface area contributed by atoms with Gasteiger partial charge >= 0.3 is 0 Å². The van der Waals surface area contributed by atoms with Gasteiger partial charge < -0.3 is 19.9 Å². The van der Waals surface area contributed by atoms with Crippen LogP contribution in [0, 0.1) is 0 Å². The van der Waals surface area contributed by atoms with Crippen LogP contribution in [0.4, 0.5) is 11.4 Å². The second-order valence-corrected chi connectivity index (χ2v) is 9.78. The van der Waals surface area contributed by atoms with Gasteiger partial charge in [-0.25, -0.2) is 8.42 Å². The van der Waals surface area contributed by atoms with Gasteiger partial charge in [-0.3, -0.25) is 4.31 Å². The zero-order chi connectivity index (χ0) is 20.2. The minimum Gasteiger partial charge on any atom is -0.492 e. The average Bonchev–Trinajstić information content (AvgIpc) is 2.57. The summed E-state index contributed by atoms with van der Waals surface area (Å²) in [6.45, 7) is 7.20. The normalized spacial score (nSPS) is 18.3. The Labute approximate surface area is 162 Å². The largest absolute Gasteiger partial charge is 0.492 e. The predicted molar refractivity (Wildman–Crippen MR) is 108 cm³/mol. The Hall–Kier alpha value is -1.51. The number of methoxy groups -OCH3 is 1. The Bertz CT molecular complexity index is 737. The van der Waals surface area contributed by atoms with E-state index in [-0.39, 0.29) is 24.9 Å². The number of nitrogen functional groups attached to an aromatic ring is 1. The minimum atomic E-state index is -3.56. The first-order valence-corrected chi connectivity index (χ1v) is 11.1. The van der Waals surface area contributed by atoms with Crippen LogP contribution >= 0.6 is 0 Å². The van der Waals surface area contributed by atoms with Crippen molar-refractivity contribution in [1.29, 1.82) is 0 Å². The number of ether oxygens (including phenoxy) is 3. The Morgan fingerprint density at radius 3 is 2.52 bits per heavy atom. The molecule has 8 heteroatoms.